The molecule has 0 spiro atoms. The van der Waals surface area contributed by atoms with Gasteiger partial charge < -0.3 is 25.5 Å². The minimum Gasteiger partial charge on any atom is -0.480 e. The van der Waals surface area contributed by atoms with Crippen LogP contribution in [0, 0.1) is 0 Å². The first-order valence-corrected chi connectivity index (χ1v) is 11.1. The Labute approximate surface area is 196 Å². The van der Waals surface area contributed by atoms with Gasteiger partial charge in [0, 0.05) is 12.7 Å². The molecule has 2 atom stereocenters. The first kappa shape index (κ1) is 23.2. The molecule has 1 aliphatic rings. The zero-order chi connectivity index (χ0) is 24.1. The Kier molecular flexibility index (Phi) is 7.07. The molecule has 2 aromatic heterocycles. The summed E-state index contributed by atoms with van der Waals surface area (Å²) in [4.78, 5) is 43.0. The molecule has 1 aromatic carbocycles. The third-order valence-corrected chi connectivity index (χ3v) is 5.88. The van der Waals surface area contributed by atoms with Crippen molar-refractivity contribution in [1.29, 1.82) is 0 Å². The third kappa shape index (κ3) is 5.34. The summed E-state index contributed by atoms with van der Waals surface area (Å²) in [5.74, 6) is -0.739. The van der Waals surface area contributed by atoms with Gasteiger partial charge in [0.15, 0.2) is 0 Å². The van der Waals surface area contributed by atoms with Crippen LogP contribution < -0.4 is 16.4 Å². The van der Waals surface area contributed by atoms with Crippen LogP contribution in [0.3, 0.4) is 0 Å². The number of nitrogens with two attached hydrogens (primary N) is 1. The molecule has 3 heterocycles. The van der Waals surface area contributed by atoms with E-state index in [9.17, 15) is 14.4 Å². The largest absolute Gasteiger partial charge is 0.480 e. The summed E-state index contributed by atoms with van der Waals surface area (Å²) in [7, 11) is 0. The highest BCUT2D eigenvalue weighted by Gasteiger charge is 2.37. The number of aromatic nitrogens is 1. The quantitative estimate of drug-likeness (QED) is 0.369. The number of aliphatic carboxylic acids is 1. The van der Waals surface area contributed by atoms with Crippen molar-refractivity contribution in [3.8, 4) is 0 Å². The van der Waals surface area contributed by atoms with Crippen molar-refractivity contribution < 1.29 is 23.9 Å². The highest BCUT2D eigenvalue weighted by molar-refractivity contribution is 5.91. The summed E-state index contributed by atoms with van der Waals surface area (Å²) in [5, 5.41) is 15.4. The van der Waals surface area contributed by atoms with E-state index in [0.29, 0.717) is 48.4 Å². The van der Waals surface area contributed by atoms with E-state index in [0.717, 1.165) is 5.56 Å². The number of carbonyl (C=O) groups is 3. The normalized spacial score (nSPS) is 16.5. The summed E-state index contributed by atoms with van der Waals surface area (Å²) in [6.07, 6.45) is 3.10. The summed E-state index contributed by atoms with van der Waals surface area (Å²) >= 11 is 0. The summed E-state index contributed by atoms with van der Waals surface area (Å²) in [6, 6.07) is 11.4. The lowest BCUT2D eigenvalue weighted by Gasteiger charge is -2.28. The van der Waals surface area contributed by atoms with E-state index >= 15 is 0 Å². The standard InChI is InChI=1S/C24H27N5O5/c25-22-17-12-16(34-20(17)8-9-26-22)13-28-23(32)19-7-4-10-29(19)24(33)18(27-14-21(30)31)11-15-5-2-1-3-6-15/h1-3,5-6,8-9,12,18-19,27H,4,7,10-11,13-14H2,(H2,25,26)(H,28,32)(H,30,31). The molecule has 0 saturated carbocycles. The molecular weight excluding hydrogens is 438 g/mol. The highest BCUT2D eigenvalue weighted by Crippen LogP contribution is 2.23. The average Bonchev–Trinajstić information content (AvgIpc) is 3.48. The summed E-state index contributed by atoms with van der Waals surface area (Å²) < 4.78 is 5.71. The van der Waals surface area contributed by atoms with E-state index in [1.807, 2.05) is 30.3 Å². The highest BCUT2D eigenvalue weighted by atomic mass is 16.4. The molecule has 0 bridgehead atoms. The van der Waals surface area contributed by atoms with Gasteiger partial charge in [0.2, 0.25) is 11.8 Å². The van der Waals surface area contributed by atoms with Crippen LogP contribution in [0.5, 0.6) is 0 Å². The fourth-order valence-electron chi connectivity index (χ4n) is 4.23. The summed E-state index contributed by atoms with van der Waals surface area (Å²) in [6.45, 7) is 0.234. The number of nitrogens with one attached hydrogen (secondary N) is 2. The number of carboxylic acid groups (broad SMARTS) is 1. The van der Waals surface area contributed by atoms with E-state index in [2.05, 4.69) is 15.6 Å². The minimum absolute atomic E-state index is 0.149. The Morgan fingerprint density at radius 1 is 1.24 bits per heavy atom. The second-order valence-electron chi connectivity index (χ2n) is 8.25. The monoisotopic (exact) mass is 465 g/mol. The number of rotatable bonds is 9. The maximum absolute atomic E-state index is 13.4. The fraction of sp³-hybridized carbons (Fsp3) is 0.333. The van der Waals surface area contributed by atoms with E-state index < -0.39 is 18.1 Å². The van der Waals surface area contributed by atoms with Crippen LogP contribution in [0.2, 0.25) is 0 Å². The molecule has 3 aromatic rings. The van der Waals surface area contributed by atoms with Crippen LogP contribution in [-0.4, -0.2) is 57.9 Å². The van der Waals surface area contributed by atoms with Crippen LogP contribution >= 0.6 is 0 Å². The number of nitrogen functional groups attached to an aromatic ring is 1. The van der Waals surface area contributed by atoms with Gasteiger partial charge in [-0.2, -0.15) is 0 Å². The van der Waals surface area contributed by atoms with Crippen molar-refractivity contribution in [2.45, 2.75) is 37.9 Å². The smallest absolute Gasteiger partial charge is 0.317 e. The molecule has 2 unspecified atom stereocenters. The Bertz CT molecular complexity index is 1180. The first-order valence-electron chi connectivity index (χ1n) is 11.1. The first-order chi connectivity index (χ1) is 16.4. The van der Waals surface area contributed by atoms with E-state index in [-0.39, 0.29) is 24.9 Å². The predicted octanol–water partition coefficient (Wildman–Crippen LogP) is 1.30. The van der Waals surface area contributed by atoms with Gasteiger partial charge in [-0.15, -0.1) is 0 Å². The number of likely N-dealkylation sites (tertiary alicyclic amines) is 1. The van der Waals surface area contributed by atoms with Crippen LogP contribution in [0.15, 0.2) is 53.1 Å². The Morgan fingerprint density at radius 3 is 2.76 bits per heavy atom. The molecule has 0 aliphatic carbocycles. The van der Waals surface area contributed by atoms with Crippen LogP contribution in [0.4, 0.5) is 5.82 Å². The molecule has 5 N–H and O–H groups in total. The number of hydrogen-bond donors (Lipinski definition) is 4. The van der Waals surface area contributed by atoms with Crippen LogP contribution in [0.25, 0.3) is 11.0 Å². The molecule has 1 aliphatic heterocycles. The molecular formula is C24H27N5O5. The van der Waals surface area contributed by atoms with E-state index in [4.69, 9.17) is 15.3 Å². The second kappa shape index (κ2) is 10.3. The zero-order valence-electron chi connectivity index (χ0n) is 18.6. The maximum Gasteiger partial charge on any atom is 0.317 e. The van der Waals surface area contributed by atoms with Crippen molar-refractivity contribution in [3.05, 3.63) is 60.0 Å². The number of fused-ring (bicyclic) bond motifs is 1. The Balaban J connectivity index is 1.42. The van der Waals surface area contributed by atoms with E-state index in [1.54, 1.807) is 23.2 Å². The molecule has 178 valence electrons. The second-order valence-corrected chi connectivity index (χ2v) is 8.25. The molecule has 10 nitrogen and oxygen atoms in total. The number of amides is 2. The van der Waals surface area contributed by atoms with Crippen molar-refractivity contribution in [2.24, 2.45) is 0 Å². The van der Waals surface area contributed by atoms with Crippen LogP contribution in [-0.2, 0) is 27.3 Å². The van der Waals surface area contributed by atoms with Gasteiger partial charge in [-0.25, -0.2) is 4.98 Å². The lowest BCUT2D eigenvalue weighted by Crippen LogP contribution is -2.53. The Hall–Kier alpha value is -3.92. The van der Waals surface area contributed by atoms with Crippen molar-refractivity contribution in [3.63, 3.8) is 0 Å². The maximum atomic E-state index is 13.4. The predicted molar refractivity (Wildman–Crippen MR) is 125 cm³/mol. The topological polar surface area (TPSA) is 151 Å². The van der Waals surface area contributed by atoms with Gasteiger partial charge in [0.05, 0.1) is 24.5 Å². The number of pyridine rings is 1. The Morgan fingerprint density at radius 2 is 2.03 bits per heavy atom. The number of carboxylic acids is 1. The van der Waals surface area contributed by atoms with Gasteiger partial charge in [0.25, 0.3) is 0 Å². The lowest BCUT2D eigenvalue weighted by atomic mass is 10.0. The van der Waals surface area contributed by atoms with Crippen LogP contribution in [0.1, 0.15) is 24.2 Å². The van der Waals surface area contributed by atoms with Gasteiger partial charge in [-0.05, 0) is 37.0 Å². The molecule has 4 rings (SSSR count). The molecule has 2 amide bonds. The fourth-order valence-corrected chi connectivity index (χ4v) is 4.23. The number of nitrogens with zero attached hydrogens (tertiary/aromatic N) is 2. The molecule has 1 saturated heterocycles. The SMILES string of the molecule is Nc1nccc2oc(CNC(=O)C3CCCN3C(=O)C(Cc3ccccc3)NCC(=O)O)cc12. The third-order valence-electron chi connectivity index (χ3n) is 5.88. The van der Waals surface area contributed by atoms with Gasteiger partial charge in [0.1, 0.15) is 23.2 Å². The van der Waals surface area contributed by atoms with Crippen molar-refractivity contribution >= 4 is 34.6 Å². The van der Waals surface area contributed by atoms with E-state index in [1.165, 1.54) is 0 Å². The molecule has 34 heavy (non-hydrogen) atoms. The number of furan rings is 1. The number of hydrogen-bond acceptors (Lipinski definition) is 7. The zero-order valence-corrected chi connectivity index (χ0v) is 18.6. The molecule has 10 heteroatoms. The number of benzene rings is 1. The minimum atomic E-state index is -1.05. The van der Waals surface area contributed by atoms with Gasteiger partial charge >= 0.3 is 5.97 Å². The number of anilines is 1. The molecule has 0 radical (unpaired) electrons. The van der Waals surface area contributed by atoms with Crippen molar-refractivity contribution in [1.82, 2.24) is 20.5 Å². The lowest BCUT2D eigenvalue weighted by molar-refractivity contribution is -0.141. The number of carbonyl (C=O) groups excluding carboxylic acids is 2. The van der Waals surface area contributed by atoms with Gasteiger partial charge in [-0.3, -0.25) is 19.7 Å². The average molecular weight is 466 g/mol. The summed E-state index contributed by atoms with van der Waals surface area (Å²) in [5.41, 5.74) is 7.34. The van der Waals surface area contributed by atoms with Crippen molar-refractivity contribution in [2.75, 3.05) is 18.8 Å². The molecule has 1 fully saturated rings. The van der Waals surface area contributed by atoms with Gasteiger partial charge in [-0.1, -0.05) is 30.3 Å².